The maximum absolute atomic E-state index is 11.9. The van der Waals surface area contributed by atoms with Crippen molar-refractivity contribution in [1.29, 1.82) is 0 Å². The number of hydrogen-bond acceptors (Lipinski definition) is 3. The molecule has 4 nitrogen and oxygen atoms in total. The summed E-state index contributed by atoms with van der Waals surface area (Å²) in [5.41, 5.74) is 1.40. The third-order valence-electron chi connectivity index (χ3n) is 3.67. The molecule has 0 radical (unpaired) electrons. The number of allylic oxidation sites excluding steroid dienone is 2. The van der Waals surface area contributed by atoms with Gasteiger partial charge in [0, 0.05) is 24.1 Å². The molecule has 0 N–H and O–H groups in total. The summed E-state index contributed by atoms with van der Waals surface area (Å²) in [7, 11) is 1.36. The van der Waals surface area contributed by atoms with E-state index in [1.165, 1.54) is 7.11 Å². The predicted octanol–water partition coefficient (Wildman–Crippen LogP) is 3.35. The molecule has 0 unspecified atom stereocenters. The minimum atomic E-state index is -0.382. The van der Waals surface area contributed by atoms with Gasteiger partial charge in [-0.05, 0) is 25.0 Å². The molecule has 0 aliphatic rings. The van der Waals surface area contributed by atoms with Crippen LogP contribution in [0.3, 0.4) is 0 Å². The van der Waals surface area contributed by atoms with Crippen molar-refractivity contribution in [3.63, 3.8) is 0 Å². The Morgan fingerprint density at radius 2 is 2.14 bits per heavy atom. The predicted molar refractivity (Wildman–Crippen MR) is 83.4 cm³/mol. The lowest BCUT2D eigenvalue weighted by atomic mass is 9.88. The Hall–Kier alpha value is -2.10. The smallest absolute Gasteiger partial charge is 0.354 e. The van der Waals surface area contributed by atoms with E-state index in [4.69, 9.17) is 4.74 Å². The van der Waals surface area contributed by atoms with Gasteiger partial charge >= 0.3 is 5.97 Å². The van der Waals surface area contributed by atoms with Crippen LogP contribution in [0.15, 0.2) is 37.4 Å². The second kappa shape index (κ2) is 8.25. The molecule has 0 saturated heterocycles. The second-order valence-corrected chi connectivity index (χ2v) is 4.83. The van der Waals surface area contributed by atoms with E-state index in [1.807, 2.05) is 17.6 Å². The zero-order chi connectivity index (χ0) is 15.8. The molecule has 0 aromatic carbocycles. The Morgan fingerprint density at radius 3 is 2.62 bits per heavy atom. The molecule has 0 aliphatic heterocycles. The van der Waals surface area contributed by atoms with E-state index in [1.54, 1.807) is 18.2 Å². The van der Waals surface area contributed by atoms with Crippen LogP contribution in [-0.2, 0) is 16.1 Å². The van der Waals surface area contributed by atoms with Gasteiger partial charge in [-0.3, -0.25) is 0 Å². The number of carbonyl (C=O) groups excluding carboxylic acids is 2. The fourth-order valence-electron chi connectivity index (χ4n) is 2.48. The van der Waals surface area contributed by atoms with Gasteiger partial charge in [0.25, 0.3) is 0 Å². The number of ether oxygens (including phenoxy) is 1. The first kappa shape index (κ1) is 17.0. The molecule has 0 spiro atoms. The van der Waals surface area contributed by atoms with Crippen molar-refractivity contribution in [3.05, 3.63) is 48.8 Å². The van der Waals surface area contributed by atoms with E-state index in [2.05, 4.69) is 13.2 Å². The Labute approximate surface area is 126 Å². The highest BCUT2D eigenvalue weighted by Crippen LogP contribution is 2.29. The molecule has 21 heavy (non-hydrogen) atoms. The van der Waals surface area contributed by atoms with E-state index >= 15 is 0 Å². The van der Waals surface area contributed by atoms with Crippen LogP contribution in [0.4, 0.5) is 0 Å². The average Bonchev–Trinajstić information content (AvgIpc) is 2.92. The van der Waals surface area contributed by atoms with Crippen LogP contribution in [0.1, 0.15) is 41.9 Å². The van der Waals surface area contributed by atoms with Gasteiger partial charge in [-0.15, -0.1) is 13.2 Å². The fourth-order valence-corrected chi connectivity index (χ4v) is 2.48. The number of nitrogens with zero attached hydrogens (tertiary/aromatic N) is 1. The Morgan fingerprint density at radius 1 is 1.43 bits per heavy atom. The summed E-state index contributed by atoms with van der Waals surface area (Å²) < 4.78 is 6.71. The highest BCUT2D eigenvalue weighted by Gasteiger charge is 2.24. The highest BCUT2D eigenvalue weighted by molar-refractivity contribution is 5.88. The van der Waals surface area contributed by atoms with Gasteiger partial charge in [-0.25, -0.2) is 4.79 Å². The van der Waals surface area contributed by atoms with Crippen molar-refractivity contribution in [1.82, 2.24) is 4.57 Å². The molecule has 1 heterocycles. The number of aromatic nitrogens is 1. The average molecular weight is 289 g/mol. The maximum atomic E-state index is 11.9. The van der Waals surface area contributed by atoms with Crippen molar-refractivity contribution in [2.45, 2.75) is 32.2 Å². The van der Waals surface area contributed by atoms with Gasteiger partial charge in [0.2, 0.25) is 0 Å². The van der Waals surface area contributed by atoms with E-state index < -0.39 is 0 Å². The normalized spacial score (nSPS) is 13.2. The van der Waals surface area contributed by atoms with Gasteiger partial charge in [-0.1, -0.05) is 19.1 Å². The first-order valence-corrected chi connectivity index (χ1v) is 7.11. The Balaban J connectivity index is 3.29. The summed E-state index contributed by atoms with van der Waals surface area (Å²) in [6, 6.07) is 3.60. The molecule has 0 bridgehead atoms. The van der Waals surface area contributed by atoms with E-state index in [9.17, 15) is 9.59 Å². The van der Waals surface area contributed by atoms with Crippen LogP contribution in [0.5, 0.6) is 0 Å². The van der Waals surface area contributed by atoms with Crippen molar-refractivity contribution < 1.29 is 14.3 Å². The first-order chi connectivity index (χ1) is 10.1. The van der Waals surface area contributed by atoms with Gasteiger partial charge < -0.3 is 14.1 Å². The lowest BCUT2D eigenvalue weighted by Gasteiger charge is -2.21. The largest absolute Gasteiger partial charge is 0.464 e. The summed E-state index contributed by atoms with van der Waals surface area (Å²) in [4.78, 5) is 23.1. The SMILES string of the molecule is C=CCCn1c(C(=O)OC)ccc1[C@H](C=C)[C@H](C=O)CC. The quantitative estimate of drug-likeness (QED) is 0.398. The van der Waals surface area contributed by atoms with Crippen LogP contribution in [0.2, 0.25) is 0 Å². The van der Waals surface area contributed by atoms with Crippen LogP contribution >= 0.6 is 0 Å². The lowest BCUT2D eigenvalue weighted by molar-refractivity contribution is -0.111. The molecule has 0 fully saturated rings. The molecule has 0 aliphatic carbocycles. The molecule has 1 rings (SSSR count). The van der Waals surface area contributed by atoms with Gasteiger partial charge in [-0.2, -0.15) is 0 Å². The van der Waals surface area contributed by atoms with E-state index in [-0.39, 0.29) is 17.8 Å². The number of carbonyl (C=O) groups is 2. The van der Waals surface area contributed by atoms with Crippen molar-refractivity contribution in [2.75, 3.05) is 7.11 Å². The standard InChI is InChI=1S/C17H23NO3/c1-5-8-11-18-15(9-10-16(18)17(20)21-4)14(7-3)13(6-2)12-19/h5,7,9-10,12-14H,1,3,6,8,11H2,2,4H3/t13-,14+/m0/s1. The van der Waals surface area contributed by atoms with Gasteiger partial charge in [0.15, 0.2) is 0 Å². The monoisotopic (exact) mass is 289 g/mol. The third-order valence-corrected chi connectivity index (χ3v) is 3.67. The summed E-state index contributed by atoms with van der Waals surface area (Å²) in [6.07, 6.45) is 5.97. The number of aldehydes is 1. The van der Waals surface area contributed by atoms with Gasteiger partial charge in [0.05, 0.1) is 7.11 Å². The van der Waals surface area contributed by atoms with Crippen LogP contribution in [-0.4, -0.2) is 23.9 Å². The Bertz CT molecular complexity index is 516. The number of rotatable bonds is 9. The Kier molecular flexibility index (Phi) is 6.66. The highest BCUT2D eigenvalue weighted by atomic mass is 16.5. The molecule has 0 amide bonds. The minimum absolute atomic E-state index is 0.115. The topological polar surface area (TPSA) is 48.3 Å². The zero-order valence-corrected chi connectivity index (χ0v) is 12.7. The summed E-state index contributed by atoms with van der Waals surface area (Å²) in [6.45, 7) is 10.1. The summed E-state index contributed by atoms with van der Waals surface area (Å²) in [5.74, 6) is -0.645. The number of methoxy groups -OCH3 is 1. The van der Waals surface area contributed by atoms with Crippen LogP contribution in [0.25, 0.3) is 0 Å². The third kappa shape index (κ3) is 3.72. The molecular weight excluding hydrogens is 266 g/mol. The molecule has 114 valence electrons. The molecule has 1 aromatic heterocycles. The number of esters is 1. The molecular formula is C17H23NO3. The van der Waals surface area contributed by atoms with Crippen LogP contribution in [0, 0.1) is 5.92 Å². The molecule has 0 saturated carbocycles. The maximum Gasteiger partial charge on any atom is 0.354 e. The second-order valence-electron chi connectivity index (χ2n) is 4.83. The lowest BCUT2D eigenvalue weighted by Crippen LogP contribution is -2.19. The van der Waals surface area contributed by atoms with Crippen molar-refractivity contribution in [2.24, 2.45) is 5.92 Å². The molecule has 1 aromatic rings. The van der Waals surface area contributed by atoms with E-state index in [0.717, 1.165) is 24.8 Å². The zero-order valence-electron chi connectivity index (χ0n) is 12.7. The first-order valence-electron chi connectivity index (χ1n) is 7.11. The van der Waals surface area contributed by atoms with Crippen LogP contribution < -0.4 is 0 Å². The summed E-state index contributed by atoms with van der Waals surface area (Å²) >= 11 is 0. The number of hydrogen-bond donors (Lipinski definition) is 0. The molecule has 2 atom stereocenters. The molecule has 4 heteroatoms. The van der Waals surface area contributed by atoms with Crippen molar-refractivity contribution >= 4 is 12.3 Å². The van der Waals surface area contributed by atoms with E-state index in [0.29, 0.717) is 12.2 Å². The summed E-state index contributed by atoms with van der Waals surface area (Å²) in [5, 5.41) is 0. The van der Waals surface area contributed by atoms with Gasteiger partial charge in [0.1, 0.15) is 12.0 Å². The minimum Gasteiger partial charge on any atom is -0.464 e. The fraction of sp³-hybridized carbons (Fsp3) is 0.412. The van der Waals surface area contributed by atoms with Crippen molar-refractivity contribution in [3.8, 4) is 0 Å².